The zero-order valence-electron chi connectivity index (χ0n) is 12.0. The van der Waals surface area contributed by atoms with E-state index >= 15 is 0 Å². The molecule has 1 fully saturated rings. The first-order valence-corrected chi connectivity index (χ1v) is 9.74. The molecule has 1 aliphatic rings. The van der Waals surface area contributed by atoms with Crippen molar-refractivity contribution in [1.82, 2.24) is 4.90 Å². The van der Waals surface area contributed by atoms with Crippen LogP contribution in [0, 0.1) is 0 Å². The second-order valence-corrected chi connectivity index (χ2v) is 7.54. The first-order chi connectivity index (χ1) is 10.2. The maximum atomic E-state index is 12.1. The molecular weight excluding hydrogens is 333 g/mol. The molecule has 1 aliphatic heterocycles. The van der Waals surface area contributed by atoms with Crippen LogP contribution in [-0.2, 0) is 14.9 Å². The predicted octanol–water partition coefficient (Wildman–Crippen LogP) is 2.16. The summed E-state index contributed by atoms with van der Waals surface area (Å²) in [6.07, 6.45) is 2.76. The Labute approximate surface area is 131 Å². The Balaban J connectivity index is 1.64. The molecule has 0 bridgehead atoms. The second-order valence-electron chi connectivity index (χ2n) is 5.23. The third kappa shape index (κ3) is 4.87. The fraction of sp³-hybridized carbons (Fsp3) is 0.500. The summed E-state index contributed by atoms with van der Waals surface area (Å²) < 4.78 is 0. The van der Waals surface area contributed by atoms with Crippen LogP contribution in [0.3, 0.4) is 0 Å². The summed E-state index contributed by atoms with van der Waals surface area (Å²) in [6, 6.07) is 9.79. The quantitative estimate of drug-likeness (QED) is 0.603. The van der Waals surface area contributed by atoms with Gasteiger partial charge in [0.15, 0.2) is 0 Å². The van der Waals surface area contributed by atoms with E-state index in [0.29, 0.717) is 34.3 Å². The van der Waals surface area contributed by atoms with Crippen LogP contribution in [0.15, 0.2) is 30.3 Å². The summed E-state index contributed by atoms with van der Waals surface area (Å²) in [7, 11) is 0. The van der Waals surface area contributed by atoms with Crippen molar-refractivity contribution in [3.63, 3.8) is 0 Å². The molecule has 1 amide bonds. The van der Waals surface area contributed by atoms with Crippen LogP contribution in [0.1, 0.15) is 31.2 Å². The van der Waals surface area contributed by atoms with Gasteiger partial charge in [-0.25, -0.2) is 0 Å². The normalized spacial score (nSPS) is 17.9. The molecule has 21 heavy (non-hydrogen) atoms. The minimum atomic E-state index is -0.867. The SMILES string of the molecule is O=C(O)[C@@H]1CCCN1C(=O)CCC[Se]Cc1ccccc1. The number of nitrogens with zero attached hydrogens (tertiary/aromatic N) is 1. The van der Waals surface area contributed by atoms with E-state index in [1.54, 1.807) is 4.90 Å². The molecule has 1 aromatic rings. The van der Waals surface area contributed by atoms with E-state index in [0.717, 1.165) is 23.5 Å². The summed E-state index contributed by atoms with van der Waals surface area (Å²) in [5.41, 5.74) is 1.36. The first kappa shape index (κ1) is 16.1. The number of likely N-dealkylation sites (tertiary alicyclic amines) is 1. The number of carbonyl (C=O) groups is 2. The summed E-state index contributed by atoms with van der Waals surface area (Å²) in [6.45, 7) is 0.602. The van der Waals surface area contributed by atoms with E-state index in [9.17, 15) is 9.59 Å². The molecule has 4 nitrogen and oxygen atoms in total. The molecule has 1 heterocycles. The molecule has 0 radical (unpaired) electrons. The summed E-state index contributed by atoms with van der Waals surface area (Å²) in [4.78, 5) is 24.7. The standard InChI is InChI=1S/C16H21NO3Se/c18-15(17-10-4-8-14(17)16(19)20)9-5-11-21-12-13-6-2-1-3-7-13/h1-3,6-7,14H,4-5,8-12H2,(H,19,20)/t14-/m0/s1. The first-order valence-electron chi connectivity index (χ1n) is 7.32. The van der Waals surface area contributed by atoms with Crippen molar-refractivity contribution in [3.8, 4) is 0 Å². The van der Waals surface area contributed by atoms with E-state index in [-0.39, 0.29) is 5.91 Å². The third-order valence-corrected chi connectivity index (χ3v) is 5.99. The van der Waals surface area contributed by atoms with Gasteiger partial charge in [0.05, 0.1) is 0 Å². The summed E-state index contributed by atoms with van der Waals surface area (Å²) in [5, 5.41) is 11.2. The molecule has 0 spiro atoms. The molecule has 0 aliphatic carbocycles. The molecule has 0 aromatic heterocycles. The van der Waals surface area contributed by atoms with Crippen LogP contribution in [0.25, 0.3) is 0 Å². The Morgan fingerprint density at radius 1 is 1.29 bits per heavy atom. The third-order valence-electron chi connectivity index (χ3n) is 3.65. The average Bonchev–Trinajstić information content (AvgIpc) is 2.97. The van der Waals surface area contributed by atoms with Crippen molar-refractivity contribution < 1.29 is 14.7 Å². The van der Waals surface area contributed by atoms with E-state index in [4.69, 9.17) is 5.11 Å². The predicted molar refractivity (Wildman–Crippen MR) is 82.3 cm³/mol. The number of rotatable bonds is 7. The molecule has 114 valence electrons. The Hall–Kier alpha value is -1.32. The summed E-state index contributed by atoms with van der Waals surface area (Å²) in [5.74, 6) is -0.857. The molecule has 1 saturated heterocycles. The van der Waals surface area contributed by atoms with Crippen molar-refractivity contribution in [2.24, 2.45) is 0 Å². The number of benzene rings is 1. The molecular formula is C16H21NO3Se. The van der Waals surface area contributed by atoms with Crippen molar-refractivity contribution in [1.29, 1.82) is 0 Å². The van der Waals surface area contributed by atoms with Crippen molar-refractivity contribution >= 4 is 26.8 Å². The van der Waals surface area contributed by atoms with Gasteiger partial charge in [-0.05, 0) is 0 Å². The zero-order valence-corrected chi connectivity index (χ0v) is 13.7. The zero-order chi connectivity index (χ0) is 15.1. The monoisotopic (exact) mass is 355 g/mol. The second kappa shape index (κ2) is 8.20. The van der Waals surface area contributed by atoms with Gasteiger partial charge in [0.25, 0.3) is 0 Å². The minimum absolute atomic E-state index is 0.00964. The fourth-order valence-corrected chi connectivity index (χ4v) is 4.49. The van der Waals surface area contributed by atoms with Crippen LogP contribution in [0.2, 0.25) is 5.32 Å². The van der Waals surface area contributed by atoms with Crippen molar-refractivity contribution in [3.05, 3.63) is 35.9 Å². The molecule has 1 N–H and O–H groups in total. The van der Waals surface area contributed by atoms with Crippen LogP contribution < -0.4 is 0 Å². The average molecular weight is 354 g/mol. The number of carboxylic acid groups (broad SMARTS) is 1. The van der Waals surface area contributed by atoms with Crippen LogP contribution in [0.5, 0.6) is 0 Å². The van der Waals surface area contributed by atoms with E-state index in [1.807, 2.05) is 18.2 Å². The molecule has 0 unspecified atom stereocenters. The number of carbonyl (C=O) groups excluding carboxylic acids is 1. The van der Waals surface area contributed by atoms with E-state index in [1.165, 1.54) is 5.56 Å². The summed E-state index contributed by atoms with van der Waals surface area (Å²) >= 11 is 0.513. The van der Waals surface area contributed by atoms with Gasteiger partial charge >= 0.3 is 131 Å². The van der Waals surface area contributed by atoms with Crippen molar-refractivity contribution in [2.75, 3.05) is 6.54 Å². The number of hydrogen-bond acceptors (Lipinski definition) is 2. The molecule has 5 heteroatoms. The topological polar surface area (TPSA) is 57.6 Å². The maximum absolute atomic E-state index is 12.1. The van der Waals surface area contributed by atoms with Crippen LogP contribution >= 0.6 is 0 Å². The van der Waals surface area contributed by atoms with Gasteiger partial charge in [-0.3, -0.25) is 0 Å². The van der Waals surface area contributed by atoms with Gasteiger partial charge in [0.1, 0.15) is 0 Å². The molecule has 1 atom stereocenters. The number of aliphatic carboxylic acids is 1. The van der Waals surface area contributed by atoms with Gasteiger partial charge in [0.2, 0.25) is 0 Å². The van der Waals surface area contributed by atoms with Crippen molar-refractivity contribution in [2.45, 2.75) is 42.4 Å². The van der Waals surface area contributed by atoms with Gasteiger partial charge in [-0.1, -0.05) is 0 Å². The fourth-order valence-electron chi connectivity index (χ4n) is 2.56. The van der Waals surface area contributed by atoms with E-state index in [2.05, 4.69) is 12.1 Å². The Morgan fingerprint density at radius 2 is 2.05 bits per heavy atom. The van der Waals surface area contributed by atoms with E-state index < -0.39 is 12.0 Å². The van der Waals surface area contributed by atoms with Crippen LogP contribution in [-0.4, -0.2) is 49.4 Å². The Bertz CT molecular complexity index is 478. The number of carboxylic acids is 1. The number of hydrogen-bond donors (Lipinski definition) is 1. The Kier molecular flexibility index (Phi) is 6.27. The van der Waals surface area contributed by atoms with Gasteiger partial charge in [0, 0.05) is 0 Å². The van der Waals surface area contributed by atoms with Crippen LogP contribution in [0.4, 0.5) is 0 Å². The number of amides is 1. The Morgan fingerprint density at radius 3 is 2.76 bits per heavy atom. The molecule has 2 rings (SSSR count). The molecule has 0 saturated carbocycles. The van der Waals surface area contributed by atoms with Gasteiger partial charge < -0.3 is 0 Å². The van der Waals surface area contributed by atoms with Gasteiger partial charge in [-0.15, -0.1) is 0 Å². The van der Waals surface area contributed by atoms with Gasteiger partial charge in [-0.2, -0.15) is 0 Å². The molecule has 1 aromatic carbocycles.